The van der Waals surface area contributed by atoms with Gasteiger partial charge in [-0.05, 0) is 71.8 Å². The number of sulfonamides is 1. The molecule has 35 heavy (non-hydrogen) atoms. The molecule has 0 radical (unpaired) electrons. The van der Waals surface area contributed by atoms with Gasteiger partial charge in [-0.15, -0.1) is 0 Å². The largest absolute Gasteiger partial charge is 0.497 e. The first-order chi connectivity index (χ1) is 16.8. The Labute approximate surface area is 205 Å². The van der Waals surface area contributed by atoms with Crippen LogP contribution in [0.1, 0.15) is 12.0 Å². The number of carbonyl (C=O) groups excluding carboxylic acids is 1. The van der Waals surface area contributed by atoms with Crippen molar-refractivity contribution in [1.82, 2.24) is 14.1 Å². The number of benzene rings is 3. The molecular weight excluding hydrogens is 469 g/mol. The summed E-state index contributed by atoms with van der Waals surface area (Å²) in [4.78, 5) is 16.7. The second-order valence-corrected chi connectivity index (χ2v) is 10.7. The van der Waals surface area contributed by atoms with Gasteiger partial charge in [-0.1, -0.05) is 18.2 Å². The van der Waals surface area contributed by atoms with Crippen LogP contribution >= 0.6 is 0 Å². The van der Waals surface area contributed by atoms with E-state index >= 15 is 0 Å². The minimum Gasteiger partial charge on any atom is -0.497 e. The lowest BCUT2D eigenvalue weighted by molar-refractivity contribution is -0.131. The number of nitrogens with zero attached hydrogens (tertiary/aromatic N) is 3. The van der Waals surface area contributed by atoms with Gasteiger partial charge in [0, 0.05) is 33.2 Å². The molecule has 1 aliphatic rings. The Bertz CT molecular complexity index is 1300. The minimum absolute atomic E-state index is 0.0188. The summed E-state index contributed by atoms with van der Waals surface area (Å²) in [6.45, 7) is 2.45. The third-order valence-corrected chi connectivity index (χ3v) is 8.23. The molecule has 3 aromatic rings. The number of likely N-dealkylation sites (N-methyl/N-ethyl adjacent to an activating group) is 1. The van der Waals surface area contributed by atoms with Gasteiger partial charge in [0.15, 0.2) is 0 Å². The van der Waals surface area contributed by atoms with Crippen LogP contribution in [0.2, 0.25) is 0 Å². The van der Waals surface area contributed by atoms with Crippen LogP contribution in [0, 0.1) is 5.82 Å². The summed E-state index contributed by atoms with van der Waals surface area (Å²) >= 11 is 0. The van der Waals surface area contributed by atoms with Crippen molar-refractivity contribution < 1.29 is 22.3 Å². The van der Waals surface area contributed by atoms with Crippen LogP contribution < -0.4 is 4.74 Å². The van der Waals surface area contributed by atoms with Crippen LogP contribution in [0.4, 0.5) is 4.39 Å². The summed E-state index contributed by atoms with van der Waals surface area (Å²) in [6.07, 6.45) is 0.617. The van der Waals surface area contributed by atoms with Crippen molar-refractivity contribution in [3.63, 3.8) is 0 Å². The van der Waals surface area contributed by atoms with E-state index in [1.54, 1.807) is 19.1 Å². The molecule has 1 saturated heterocycles. The summed E-state index contributed by atoms with van der Waals surface area (Å²) < 4.78 is 45.7. The molecule has 0 spiro atoms. The smallest absolute Gasteiger partial charge is 0.243 e. The number of ether oxygens (including phenoxy) is 1. The van der Waals surface area contributed by atoms with E-state index in [1.165, 1.54) is 16.4 Å². The number of amides is 1. The molecule has 0 atom stereocenters. The van der Waals surface area contributed by atoms with Gasteiger partial charge in [0.2, 0.25) is 15.9 Å². The van der Waals surface area contributed by atoms with Gasteiger partial charge in [-0.3, -0.25) is 9.69 Å². The number of rotatable bonds is 7. The van der Waals surface area contributed by atoms with Crippen LogP contribution in [-0.2, 0) is 21.4 Å². The average molecular weight is 500 g/mol. The molecular formula is C26H30FN3O4S. The Morgan fingerprint density at radius 1 is 0.971 bits per heavy atom. The van der Waals surface area contributed by atoms with Gasteiger partial charge < -0.3 is 9.64 Å². The molecule has 0 aromatic heterocycles. The van der Waals surface area contributed by atoms with E-state index in [2.05, 4.69) is 6.07 Å². The van der Waals surface area contributed by atoms with Crippen molar-refractivity contribution in [3.8, 4) is 5.75 Å². The normalized spacial score (nSPS) is 15.6. The average Bonchev–Trinajstić information content (AvgIpc) is 3.10. The molecule has 1 heterocycles. The summed E-state index contributed by atoms with van der Waals surface area (Å²) in [6, 6.07) is 16.9. The quantitative estimate of drug-likeness (QED) is 0.499. The molecule has 0 N–H and O–H groups in total. The zero-order chi connectivity index (χ0) is 25.0. The molecule has 0 aliphatic carbocycles. The molecule has 4 rings (SSSR count). The van der Waals surface area contributed by atoms with Crippen molar-refractivity contribution in [1.29, 1.82) is 0 Å². The SMILES string of the molecule is COc1ccc2cc(CN(C)C(=O)CN3CCCN(S(=O)(=O)c4ccc(F)cc4)CC3)ccc2c1. The summed E-state index contributed by atoms with van der Waals surface area (Å²) in [5.74, 6) is 0.311. The number of hydrogen-bond acceptors (Lipinski definition) is 5. The van der Waals surface area contributed by atoms with Crippen molar-refractivity contribution in [2.75, 3.05) is 46.9 Å². The van der Waals surface area contributed by atoms with E-state index in [-0.39, 0.29) is 23.9 Å². The predicted molar refractivity (Wildman–Crippen MR) is 133 cm³/mol. The van der Waals surface area contributed by atoms with E-state index in [1.807, 2.05) is 35.2 Å². The van der Waals surface area contributed by atoms with Gasteiger partial charge in [-0.25, -0.2) is 12.8 Å². The third kappa shape index (κ3) is 5.98. The molecule has 0 saturated carbocycles. The maximum absolute atomic E-state index is 13.2. The molecule has 3 aromatic carbocycles. The summed E-state index contributed by atoms with van der Waals surface area (Å²) in [5, 5.41) is 2.16. The Morgan fingerprint density at radius 2 is 1.69 bits per heavy atom. The number of hydrogen-bond donors (Lipinski definition) is 0. The number of halogens is 1. The molecule has 9 heteroatoms. The number of fused-ring (bicyclic) bond motifs is 1. The Kier molecular flexibility index (Phi) is 7.69. The Morgan fingerprint density at radius 3 is 2.43 bits per heavy atom. The van der Waals surface area contributed by atoms with E-state index in [4.69, 9.17) is 4.74 Å². The second kappa shape index (κ2) is 10.7. The highest BCUT2D eigenvalue weighted by molar-refractivity contribution is 7.89. The fraction of sp³-hybridized carbons (Fsp3) is 0.346. The third-order valence-electron chi connectivity index (χ3n) is 6.32. The van der Waals surface area contributed by atoms with E-state index in [0.29, 0.717) is 32.6 Å². The lowest BCUT2D eigenvalue weighted by atomic mass is 10.1. The minimum atomic E-state index is -3.70. The first kappa shape index (κ1) is 25.1. The molecule has 1 amide bonds. The number of carbonyl (C=O) groups is 1. The van der Waals surface area contributed by atoms with Gasteiger partial charge in [0.05, 0.1) is 18.6 Å². The first-order valence-corrected chi connectivity index (χ1v) is 13.0. The number of methoxy groups -OCH3 is 1. The molecule has 0 bridgehead atoms. The van der Waals surface area contributed by atoms with Crippen LogP contribution in [-0.4, -0.2) is 75.3 Å². The van der Waals surface area contributed by atoms with Gasteiger partial charge >= 0.3 is 0 Å². The zero-order valence-corrected chi connectivity index (χ0v) is 20.8. The van der Waals surface area contributed by atoms with Gasteiger partial charge in [-0.2, -0.15) is 4.31 Å². The summed E-state index contributed by atoms with van der Waals surface area (Å²) in [5.41, 5.74) is 1.03. The summed E-state index contributed by atoms with van der Waals surface area (Å²) in [7, 11) is -0.274. The monoisotopic (exact) mass is 499 g/mol. The highest BCUT2D eigenvalue weighted by Crippen LogP contribution is 2.23. The Balaban J connectivity index is 1.34. The molecule has 0 unspecified atom stereocenters. The lowest BCUT2D eigenvalue weighted by Gasteiger charge is -2.24. The van der Waals surface area contributed by atoms with Crippen molar-refractivity contribution >= 4 is 26.7 Å². The van der Waals surface area contributed by atoms with E-state index in [0.717, 1.165) is 34.2 Å². The van der Waals surface area contributed by atoms with Crippen LogP contribution in [0.5, 0.6) is 5.75 Å². The predicted octanol–water partition coefficient (Wildman–Crippen LogP) is 3.34. The van der Waals surface area contributed by atoms with Crippen molar-refractivity contribution in [2.45, 2.75) is 17.9 Å². The molecule has 1 fully saturated rings. The fourth-order valence-electron chi connectivity index (χ4n) is 4.27. The fourth-order valence-corrected chi connectivity index (χ4v) is 5.74. The second-order valence-electron chi connectivity index (χ2n) is 8.78. The molecule has 186 valence electrons. The first-order valence-electron chi connectivity index (χ1n) is 11.5. The van der Waals surface area contributed by atoms with Gasteiger partial charge in [0.1, 0.15) is 11.6 Å². The maximum atomic E-state index is 13.2. The zero-order valence-electron chi connectivity index (χ0n) is 20.0. The standard InChI is InChI=1S/C26H30FN3O4S/c1-28(18-20-4-5-22-17-24(34-2)9-6-21(22)16-20)26(31)19-29-12-3-13-30(15-14-29)35(32,33)25-10-7-23(27)8-11-25/h4-11,16-17H,3,12-15,18-19H2,1-2H3. The van der Waals surface area contributed by atoms with Crippen molar-refractivity contribution in [2.24, 2.45) is 0 Å². The molecule has 1 aliphatic heterocycles. The van der Waals surface area contributed by atoms with Gasteiger partial charge in [0.25, 0.3) is 0 Å². The lowest BCUT2D eigenvalue weighted by Crippen LogP contribution is -2.40. The van der Waals surface area contributed by atoms with Crippen LogP contribution in [0.15, 0.2) is 65.6 Å². The highest BCUT2D eigenvalue weighted by atomic mass is 32.2. The van der Waals surface area contributed by atoms with E-state index in [9.17, 15) is 17.6 Å². The molecule has 7 nitrogen and oxygen atoms in total. The highest BCUT2D eigenvalue weighted by Gasteiger charge is 2.27. The topological polar surface area (TPSA) is 70.2 Å². The maximum Gasteiger partial charge on any atom is 0.243 e. The van der Waals surface area contributed by atoms with Crippen LogP contribution in [0.3, 0.4) is 0 Å². The van der Waals surface area contributed by atoms with E-state index < -0.39 is 15.8 Å². The Hall–Kier alpha value is -3.01. The van der Waals surface area contributed by atoms with Crippen molar-refractivity contribution in [3.05, 3.63) is 72.0 Å². The van der Waals surface area contributed by atoms with Crippen LogP contribution in [0.25, 0.3) is 10.8 Å².